The minimum absolute atomic E-state index is 0.139. The summed E-state index contributed by atoms with van der Waals surface area (Å²) < 4.78 is 1.88. The van der Waals surface area contributed by atoms with E-state index in [-0.39, 0.29) is 18.3 Å². The van der Waals surface area contributed by atoms with E-state index in [0.29, 0.717) is 33.7 Å². The number of imidazole rings is 1. The van der Waals surface area contributed by atoms with E-state index in [1.54, 1.807) is 30.5 Å². The molecule has 0 fully saturated rings. The van der Waals surface area contributed by atoms with Gasteiger partial charge in [0.1, 0.15) is 0 Å². The Morgan fingerprint density at radius 1 is 1.14 bits per heavy atom. The third kappa shape index (κ3) is 5.83. The summed E-state index contributed by atoms with van der Waals surface area (Å²) >= 11 is 7.19. The number of primary amides is 1. The predicted octanol–water partition coefficient (Wildman–Crippen LogP) is 2.91. The zero-order valence-electron chi connectivity index (χ0n) is 15.3. The van der Waals surface area contributed by atoms with Crippen LogP contribution in [0.25, 0.3) is 0 Å². The number of amides is 2. The van der Waals surface area contributed by atoms with Crippen LogP contribution in [0.1, 0.15) is 21.6 Å². The highest BCUT2D eigenvalue weighted by molar-refractivity contribution is 7.99. The van der Waals surface area contributed by atoms with Crippen LogP contribution in [0.15, 0.2) is 59.9 Å². The molecule has 4 N–H and O–H groups in total. The normalized spacial score (nSPS) is 10.7. The number of nitrogens with one attached hydrogen (secondary N) is 1. The zero-order valence-corrected chi connectivity index (χ0v) is 16.9. The van der Waals surface area contributed by atoms with Crippen molar-refractivity contribution in [3.63, 3.8) is 0 Å². The van der Waals surface area contributed by atoms with Gasteiger partial charge in [-0.15, -0.1) is 0 Å². The van der Waals surface area contributed by atoms with Gasteiger partial charge in [-0.3, -0.25) is 9.59 Å². The Kier molecular flexibility index (Phi) is 6.92. The first kappa shape index (κ1) is 20.9. The molecule has 0 aliphatic heterocycles. The van der Waals surface area contributed by atoms with Crippen LogP contribution in [-0.4, -0.2) is 32.2 Å². The molecule has 1 aromatic heterocycles. The van der Waals surface area contributed by atoms with Gasteiger partial charge >= 0.3 is 0 Å². The second-order valence-electron chi connectivity index (χ2n) is 6.21. The second kappa shape index (κ2) is 9.60. The van der Waals surface area contributed by atoms with Crippen molar-refractivity contribution in [2.75, 3.05) is 11.1 Å². The highest BCUT2D eigenvalue weighted by Crippen LogP contribution is 2.21. The van der Waals surface area contributed by atoms with Crippen molar-refractivity contribution < 1.29 is 14.7 Å². The molecule has 3 rings (SSSR count). The Labute approximate surface area is 176 Å². The monoisotopic (exact) mass is 430 g/mol. The van der Waals surface area contributed by atoms with Gasteiger partial charge in [0.2, 0.25) is 11.8 Å². The Bertz CT molecular complexity index is 1000. The van der Waals surface area contributed by atoms with Crippen molar-refractivity contribution in [2.45, 2.75) is 18.3 Å². The van der Waals surface area contributed by atoms with Crippen LogP contribution in [0.4, 0.5) is 5.69 Å². The van der Waals surface area contributed by atoms with Gasteiger partial charge in [0.25, 0.3) is 0 Å². The Hall–Kier alpha value is -2.81. The van der Waals surface area contributed by atoms with Crippen LogP contribution < -0.4 is 11.1 Å². The number of aliphatic hydroxyl groups is 1. The third-order valence-electron chi connectivity index (χ3n) is 4.00. The van der Waals surface area contributed by atoms with E-state index in [4.69, 9.17) is 17.3 Å². The summed E-state index contributed by atoms with van der Waals surface area (Å²) in [6.07, 6.45) is 1.76. The molecule has 2 aromatic carbocycles. The fourth-order valence-electron chi connectivity index (χ4n) is 2.59. The van der Waals surface area contributed by atoms with Crippen LogP contribution in [-0.2, 0) is 17.9 Å². The summed E-state index contributed by atoms with van der Waals surface area (Å²) in [5, 5.41) is 13.4. The maximum Gasteiger partial charge on any atom is 0.248 e. The molecular weight excluding hydrogens is 412 g/mol. The maximum absolute atomic E-state index is 12.3. The minimum Gasteiger partial charge on any atom is -0.390 e. The van der Waals surface area contributed by atoms with Gasteiger partial charge in [-0.25, -0.2) is 4.98 Å². The van der Waals surface area contributed by atoms with Gasteiger partial charge in [0, 0.05) is 29.0 Å². The summed E-state index contributed by atoms with van der Waals surface area (Å²) in [6, 6.07) is 13.8. The van der Waals surface area contributed by atoms with Gasteiger partial charge in [0.15, 0.2) is 5.16 Å². The number of anilines is 1. The molecule has 0 aliphatic rings. The zero-order chi connectivity index (χ0) is 20.8. The van der Waals surface area contributed by atoms with Crippen molar-refractivity contribution in [1.29, 1.82) is 0 Å². The fourth-order valence-corrected chi connectivity index (χ4v) is 3.51. The summed E-state index contributed by atoms with van der Waals surface area (Å²) in [7, 11) is 0. The van der Waals surface area contributed by atoms with Crippen LogP contribution in [0, 0.1) is 0 Å². The first-order valence-electron chi connectivity index (χ1n) is 8.68. The second-order valence-corrected chi connectivity index (χ2v) is 7.58. The number of carbonyl (C=O) groups excluding carboxylic acids is 2. The van der Waals surface area contributed by atoms with E-state index >= 15 is 0 Å². The molecule has 2 amide bonds. The number of benzene rings is 2. The van der Waals surface area contributed by atoms with E-state index in [2.05, 4.69) is 10.3 Å². The number of thioether (sulfide) groups is 1. The average molecular weight is 431 g/mol. The summed E-state index contributed by atoms with van der Waals surface area (Å²) in [5.74, 6) is -0.598. The van der Waals surface area contributed by atoms with Crippen molar-refractivity contribution in [3.05, 3.63) is 76.6 Å². The molecule has 0 bridgehead atoms. The molecule has 0 spiro atoms. The van der Waals surface area contributed by atoms with Gasteiger partial charge in [-0.1, -0.05) is 35.5 Å². The quantitative estimate of drug-likeness (QED) is 0.476. The number of nitrogens with two attached hydrogens (primary N) is 1. The lowest BCUT2D eigenvalue weighted by molar-refractivity contribution is -0.113. The van der Waals surface area contributed by atoms with Crippen molar-refractivity contribution in [3.8, 4) is 0 Å². The molecule has 0 saturated heterocycles. The largest absolute Gasteiger partial charge is 0.390 e. The number of carbonyl (C=O) groups is 2. The first-order valence-corrected chi connectivity index (χ1v) is 10.0. The maximum atomic E-state index is 12.3. The number of halogens is 1. The molecule has 0 unspecified atom stereocenters. The topological polar surface area (TPSA) is 110 Å². The van der Waals surface area contributed by atoms with Crippen LogP contribution in [0.3, 0.4) is 0 Å². The number of nitrogens with zero attached hydrogens (tertiary/aromatic N) is 2. The SMILES string of the molecule is NC(=O)c1ccc(NC(=O)CSc2nc(CO)cn2Cc2ccc(Cl)cc2)cc1. The standard InChI is InChI=1S/C20H19ClN4O3S/c21-15-5-1-13(2-6-15)9-25-10-17(11-26)24-20(25)29-12-18(27)23-16-7-3-14(4-8-16)19(22)28/h1-8,10,26H,9,11-12H2,(H2,22,28)(H,23,27). The third-order valence-corrected chi connectivity index (χ3v) is 5.25. The molecule has 3 aromatic rings. The Balaban J connectivity index is 1.63. The number of hydrogen-bond donors (Lipinski definition) is 3. The van der Waals surface area contributed by atoms with E-state index in [1.807, 2.05) is 28.8 Å². The number of rotatable bonds is 8. The number of aromatic nitrogens is 2. The Morgan fingerprint density at radius 3 is 2.45 bits per heavy atom. The minimum atomic E-state index is -0.523. The fraction of sp³-hybridized carbons (Fsp3) is 0.150. The van der Waals surface area contributed by atoms with Gasteiger partial charge < -0.3 is 20.7 Å². The summed E-state index contributed by atoms with van der Waals surface area (Å²) in [5.41, 5.74) is 7.70. The molecule has 0 saturated carbocycles. The smallest absolute Gasteiger partial charge is 0.248 e. The van der Waals surface area contributed by atoms with Crippen molar-refractivity contribution in [1.82, 2.24) is 9.55 Å². The van der Waals surface area contributed by atoms with Crippen LogP contribution in [0.5, 0.6) is 0 Å². The van der Waals surface area contributed by atoms with Gasteiger partial charge in [0.05, 0.1) is 18.1 Å². The highest BCUT2D eigenvalue weighted by atomic mass is 35.5. The van der Waals surface area contributed by atoms with Gasteiger partial charge in [-0.2, -0.15) is 0 Å². The first-order chi connectivity index (χ1) is 13.9. The molecular formula is C20H19ClN4O3S. The van der Waals surface area contributed by atoms with E-state index < -0.39 is 5.91 Å². The number of hydrogen-bond acceptors (Lipinski definition) is 5. The Morgan fingerprint density at radius 2 is 1.83 bits per heavy atom. The number of aliphatic hydroxyl groups excluding tert-OH is 1. The highest BCUT2D eigenvalue weighted by Gasteiger charge is 2.12. The lowest BCUT2D eigenvalue weighted by Gasteiger charge is -2.08. The molecule has 150 valence electrons. The van der Waals surface area contributed by atoms with E-state index in [1.165, 1.54) is 11.8 Å². The lowest BCUT2D eigenvalue weighted by atomic mass is 10.2. The molecule has 29 heavy (non-hydrogen) atoms. The summed E-state index contributed by atoms with van der Waals surface area (Å²) in [6.45, 7) is 0.363. The molecule has 1 heterocycles. The molecule has 0 radical (unpaired) electrons. The summed E-state index contributed by atoms with van der Waals surface area (Å²) in [4.78, 5) is 27.7. The lowest BCUT2D eigenvalue weighted by Crippen LogP contribution is -2.15. The van der Waals surface area contributed by atoms with E-state index in [0.717, 1.165) is 5.56 Å². The predicted molar refractivity (Wildman–Crippen MR) is 113 cm³/mol. The van der Waals surface area contributed by atoms with Crippen LogP contribution in [0.2, 0.25) is 5.02 Å². The molecule has 0 atom stereocenters. The molecule has 0 aliphatic carbocycles. The van der Waals surface area contributed by atoms with Crippen molar-refractivity contribution in [2.24, 2.45) is 5.73 Å². The average Bonchev–Trinajstić information content (AvgIpc) is 3.10. The van der Waals surface area contributed by atoms with E-state index in [9.17, 15) is 14.7 Å². The molecule has 9 heteroatoms. The van der Waals surface area contributed by atoms with Crippen molar-refractivity contribution >= 4 is 40.9 Å². The van der Waals surface area contributed by atoms with Crippen LogP contribution >= 0.6 is 23.4 Å². The van der Waals surface area contributed by atoms with Gasteiger partial charge in [-0.05, 0) is 42.0 Å². The molecule has 7 nitrogen and oxygen atoms in total.